The number of hydrogen-bond donors (Lipinski definition) is 1. The molecule has 1 N–H and O–H groups in total. The van der Waals surface area contributed by atoms with Gasteiger partial charge in [-0.25, -0.2) is 4.79 Å². The lowest BCUT2D eigenvalue weighted by molar-refractivity contribution is 0.144. The first-order chi connectivity index (χ1) is 11.2. The molecule has 2 aliphatic rings. The molecular weight excluding hydrogens is 316 g/mol. The third kappa shape index (κ3) is 4.52. The van der Waals surface area contributed by atoms with E-state index in [-0.39, 0.29) is 12.1 Å². The molecule has 1 aliphatic heterocycles. The summed E-state index contributed by atoms with van der Waals surface area (Å²) < 4.78 is 11.3. The highest BCUT2D eigenvalue weighted by molar-refractivity contribution is 6.32. The van der Waals surface area contributed by atoms with E-state index in [9.17, 15) is 4.79 Å². The second kappa shape index (κ2) is 7.88. The number of ether oxygens (including phenoxy) is 2. The highest BCUT2D eigenvalue weighted by atomic mass is 35.5. The Labute approximate surface area is 141 Å². The lowest BCUT2D eigenvalue weighted by Crippen LogP contribution is -2.36. The van der Waals surface area contributed by atoms with Crippen LogP contribution in [0.25, 0.3) is 0 Å². The number of benzene rings is 1. The zero-order chi connectivity index (χ0) is 16.1. The number of anilines is 1. The zero-order valence-corrected chi connectivity index (χ0v) is 14.0. The largest absolute Gasteiger partial charge is 0.489 e. The number of nitrogens with zero attached hydrogens (tertiary/aromatic N) is 1. The smallest absolute Gasteiger partial charge is 0.321 e. The summed E-state index contributed by atoms with van der Waals surface area (Å²) in [6, 6.07) is 5.30. The first-order valence-electron chi connectivity index (χ1n) is 8.32. The molecule has 1 aromatic carbocycles. The first kappa shape index (κ1) is 16.4. The van der Waals surface area contributed by atoms with Gasteiger partial charge in [0.1, 0.15) is 5.75 Å². The lowest BCUT2D eigenvalue weighted by Gasteiger charge is -2.20. The van der Waals surface area contributed by atoms with Crippen molar-refractivity contribution in [3.8, 4) is 5.75 Å². The van der Waals surface area contributed by atoms with Crippen molar-refractivity contribution in [1.29, 1.82) is 0 Å². The van der Waals surface area contributed by atoms with Crippen LogP contribution in [0, 0.1) is 0 Å². The Morgan fingerprint density at radius 1 is 1.22 bits per heavy atom. The van der Waals surface area contributed by atoms with Crippen LogP contribution < -0.4 is 10.1 Å². The van der Waals surface area contributed by atoms with Crippen molar-refractivity contribution in [2.24, 2.45) is 0 Å². The van der Waals surface area contributed by atoms with E-state index in [1.807, 2.05) is 12.1 Å². The van der Waals surface area contributed by atoms with Crippen LogP contribution in [0.15, 0.2) is 18.2 Å². The van der Waals surface area contributed by atoms with E-state index in [0.717, 1.165) is 19.3 Å². The summed E-state index contributed by atoms with van der Waals surface area (Å²) in [7, 11) is 0. The Morgan fingerprint density at radius 2 is 2.04 bits per heavy atom. The van der Waals surface area contributed by atoms with Crippen LogP contribution in [0.4, 0.5) is 10.5 Å². The quantitative estimate of drug-likeness (QED) is 0.908. The molecule has 23 heavy (non-hydrogen) atoms. The summed E-state index contributed by atoms with van der Waals surface area (Å²) in [5.41, 5.74) is 0.684. The summed E-state index contributed by atoms with van der Waals surface area (Å²) in [6.45, 7) is 2.62. The molecule has 1 saturated carbocycles. The molecule has 0 bridgehead atoms. The maximum Gasteiger partial charge on any atom is 0.321 e. The summed E-state index contributed by atoms with van der Waals surface area (Å²) in [5.74, 6) is 0.694. The maximum atomic E-state index is 12.3. The van der Waals surface area contributed by atoms with Crippen LogP contribution in [0.1, 0.15) is 32.1 Å². The van der Waals surface area contributed by atoms with Gasteiger partial charge in [-0.15, -0.1) is 0 Å². The van der Waals surface area contributed by atoms with Gasteiger partial charge < -0.3 is 19.7 Å². The predicted molar refractivity (Wildman–Crippen MR) is 90.4 cm³/mol. The summed E-state index contributed by atoms with van der Waals surface area (Å²) in [6.07, 6.45) is 5.75. The third-order valence-electron chi connectivity index (χ3n) is 4.29. The first-order valence-corrected chi connectivity index (χ1v) is 8.70. The average molecular weight is 339 g/mol. The third-order valence-corrected chi connectivity index (χ3v) is 4.58. The topological polar surface area (TPSA) is 50.8 Å². The molecule has 0 unspecified atom stereocenters. The molecule has 2 fully saturated rings. The molecule has 0 aromatic heterocycles. The Bertz CT molecular complexity index is 539. The number of carbonyl (C=O) groups is 1. The number of urea groups is 1. The van der Waals surface area contributed by atoms with E-state index in [1.165, 1.54) is 12.8 Å². The molecule has 1 heterocycles. The Kier molecular flexibility index (Phi) is 5.62. The Hall–Kier alpha value is -1.46. The molecule has 5 nitrogen and oxygen atoms in total. The van der Waals surface area contributed by atoms with Crippen LogP contribution >= 0.6 is 11.6 Å². The minimum absolute atomic E-state index is 0.115. The lowest BCUT2D eigenvalue weighted by atomic mass is 10.2. The molecule has 1 aromatic rings. The van der Waals surface area contributed by atoms with E-state index in [4.69, 9.17) is 21.1 Å². The molecule has 1 saturated heterocycles. The number of hydrogen-bond acceptors (Lipinski definition) is 3. The van der Waals surface area contributed by atoms with Gasteiger partial charge in [0.25, 0.3) is 0 Å². The second-order valence-corrected chi connectivity index (χ2v) is 6.46. The zero-order valence-electron chi connectivity index (χ0n) is 13.2. The van der Waals surface area contributed by atoms with Gasteiger partial charge in [0.05, 0.1) is 17.7 Å². The Morgan fingerprint density at radius 3 is 2.83 bits per heavy atom. The standard InChI is InChI=1S/C17H23ClN2O3/c18-15-12-13(6-7-16(15)23-14-4-1-2-5-14)19-17(21)20-8-3-10-22-11-9-20/h6-7,12,14H,1-5,8-11H2,(H,19,21). The van der Waals surface area contributed by atoms with Crippen LogP contribution in [-0.4, -0.2) is 43.3 Å². The van der Waals surface area contributed by atoms with Gasteiger partial charge in [-0.05, 0) is 50.3 Å². The molecule has 126 valence electrons. The molecule has 2 amide bonds. The molecule has 0 atom stereocenters. The molecule has 0 radical (unpaired) electrons. The maximum absolute atomic E-state index is 12.3. The van der Waals surface area contributed by atoms with Crippen LogP contribution in [0.2, 0.25) is 5.02 Å². The van der Waals surface area contributed by atoms with E-state index in [0.29, 0.717) is 42.8 Å². The van der Waals surface area contributed by atoms with Crippen molar-refractivity contribution in [2.45, 2.75) is 38.2 Å². The van der Waals surface area contributed by atoms with E-state index < -0.39 is 0 Å². The summed E-state index contributed by atoms with van der Waals surface area (Å²) in [5, 5.41) is 3.43. The normalized spacial score (nSPS) is 19.4. The summed E-state index contributed by atoms with van der Waals surface area (Å²) in [4.78, 5) is 14.0. The monoisotopic (exact) mass is 338 g/mol. The number of carbonyl (C=O) groups excluding carboxylic acids is 1. The fourth-order valence-corrected chi connectivity index (χ4v) is 3.24. The van der Waals surface area contributed by atoms with Crippen molar-refractivity contribution in [3.05, 3.63) is 23.2 Å². The fraction of sp³-hybridized carbons (Fsp3) is 0.588. The van der Waals surface area contributed by atoms with E-state index in [2.05, 4.69) is 5.32 Å². The number of amides is 2. The predicted octanol–water partition coefficient (Wildman–Crippen LogP) is 3.92. The molecule has 0 spiro atoms. The SMILES string of the molecule is O=C(Nc1ccc(OC2CCCC2)c(Cl)c1)N1CCCOCC1. The minimum atomic E-state index is -0.115. The molecule has 1 aliphatic carbocycles. The second-order valence-electron chi connectivity index (χ2n) is 6.05. The van der Waals surface area contributed by atoms with Crippen molar-refractivity contribution in [3.63, 3.8) is 0 Å². The molecular formula is C17H23ClN2O3. The van der Waals surface area contributed by atoms with Crippen molar-refractivity contribution >= 4 is 23.3 Å². The van der Waals surface area contributed by atoms with Gasteiger partial charge in [0, 0.05) is 25.4 Å². The van der Waals surface area contributed by atoms with Crippen molar-refractivity contribution in [1.82, 2.24) is 4.90 Å². The van der Waals surface area contributed by atoms with Gasteiger partial charge >= 0.3 is 6.03 Å². The van der Waals surface area contributed by atoms with Crippen LogP contribution in [0.5, 0.6) is 5.75 Å². The van der Waals surface area contributed by atoms with Gasteiger partial charge in [-0.1, -0.05) is 11.6 Å². The van der Waals surface area contributed by atoms with Crippen LogP contribution in [-0.2, 0) is 4.74 Å². The average Bonchev–Trinajstić information content (AvgIpc) is 2.89. The number of nitrogens with one attached hydrogen (secondary N) is 1. The summed E-state index contributed by atoms with van der Waals surface area (Å²) >= 11 is 6.29. The van der Waals surface area contributed by atoms with Gasteiger partial charge in [-0.2, -0.15) is 0 Å². The van der Waals surface area contributed by atoms with Gasteiger partial charge in [-0.3, -0.25) is 0 Å². The highest BCUT2D eigenvalue weighted by Crippen LogP contribution is 2.31. The van der Waals surface area contributed by atoms with Crippen molar-refractivity contribution < 1.29 is 14.3 Å². The minimum Gasteiger partial charge on any atom is -0.489 e. The van der Waals surface area contributed by atoms with Gasteiger partial charge in [0.15, 0.2) is 0 Å². The van der Waals surface area contributed by atoms with Gasteiger partial charge in [0.2, 0.25) is 0 Å². The van der Waals surface area contributed by atoms with Crippen molar-refractivity contribution in [2.75, 3.05) is 31.6 Å². The van der Waals surface area contributed by atoms with Crippen LogP contribution in [0.3, 0.4) is 0 Å². The van der Waals surface area contributed by atoms with E-state index >= 15 is 0 Å². The Balaban J connectivity index is 1.59. The number of halogens is 1. The highest BCUT2D eigenvalue weighted by Gasteiger charge is 2.19. The van der Waals surface area contributed by atoms with E-state index in [1.54, 1.807) is 11.0 Å². The molecule has 3 rings (SSSR count). The fourth-order valence-electron chi connectivity index (χ4n) is 3.01. The number of rotatable bonds is 3. The molecule has 6 heteroatoms.